The Morgan fingerprint density at radius 1 is 0.971 bits per heavy atom. The molecule has 3 aromatic carbocycles. The molecule has 0 aliphatic carbocycles. The normalized spacial score (nSPS) is 11.0. The van der Waals surface area contributed by atoms with Crippen LogP contribution in [-0.2, 0) is 4.79 Å². The van der Waals surface area contributed by atoms with Gasteiger partial charge in [-0.05, 0) is 48.5 Å². The van der Waals surface area contributed by atoms with Crippen LogP contribution in [0.5, 0.6) is 5.75 Å². The summed E-state index contributed by atoms with van der Waals surface area (Å²) in [5.41, 5.74) is 2.48. The van der Waals surface area contributed by atoms with E-state index >= 15 is 0 Å². The van der Waals surface area contributed by atoms with Crippen LogP contribution in [0.15, 0.2) is 95.0 Å². The van der Waals surface area contributed by atoms with Crippen LogP contribution >= 0.6 is 11.8 Å². The van der Waals surface area contributed by atoms with Crippen molar-refractivity contribution in [2.45, 2.75) is 5.16 Å². The van der Waals surface area contributed by atoms with Gasteiger partial charge in [0.25, 0.3) is 5.56 Å². The summed E-state index contributed by atoms with van der Waals surface area (Å²) < 4.78 is 6.85. The Bertz CT molecular complexity index is 1580. The van der Waals surface area contributed by atoms with E-state index in [0.29, 0.717) is 33.2 Å². The molecule has 1 N–H and O–H groups in total. The maximum atomic E-state index is 13.4. The Balaban J connectivity index is 1.48. The van der Waals surface area contributed by atoms with Crippen molar-refractivity contribution in [3.05, 3.63) is 95.4 Å². The van der Waals surface area contributed by atoms with Crippen molar-refractivity contribution >= 4 is 45.2 Å². The molecule has 0 radical (unpaired) electrons. The number of amides is 1. The summed E-state index contributed by atoms with van der Waals surface area (Å²) in [5, 5.41) is 4.74. The Hall–Kier alpha value is -4.17. The van der Waals surface area contributed by atoms with Gasteiger partial charge in [-0.2, -0.15) is 0 Å². The van der Waals surface area contributed by atoms with Crippen LogP contribution < -0.4 is 15.6 Å². The van der Waals surface area contributed by atoms with E-state index in [0.717, 1.165) is 10.9 Å². The molecular weight excluding hydrogens is 448 g/mol. The number of nitrogens with zero attached hydrogens (tertiary/aromatic N) is 3. The molecule has 0 spiro atoms. The molecule has 2 heterocycles. The Morgan fingerprint density at radius 2 is 1.76 bits per heavy atom. The Kier molecular flexibility index (Phi) is 5.97. The topological polar surface area (TPSA) is 86.1 Å². The minimum absolute atomic E-state index is 0.0748. The van der Waals surface area contributed by atoms with Gasteiger partial charge in [-0.25, -0.2) is 4.98 Å². The monoisotopic (exact) mass is 468 g/mol. The number of methoxy groups -OCH3 is 1. The molecule has 1 amide bonds. The fourth-order valence-electron chi connectivity index (χ4n) is 3.72. The van der Waals surface area contributed by atoms with E-state index < -0.39 is 0 Å². The molecule has 0 atom stereocenters. The second-order valence-corrected chi connectivity index (χ2v) is 8.41. The number of fused-ring (bicyclic) bond motifs is 2. The van der Waals surface area contributed by atoms with Gasteiger partial charge in [-0.3, -0.25) is 19.1 Å². The highest BCUT2D eigenvalue weighted by molar-refractivity contribution is 7.99. The lowest BCUT2D eigenvalue weighted by Gasteiger charge is -2.14. The molecule has 0 aliphatic heterocycles. The van der Waals surface area contributed by atoms with E-state index in [9.17, 15) is 9.59 Å². The van der Waals surface area contributed by atoms with E-state index in [1.54, 1.807) is 37.6 Å². The number of thioether (sulfide) groups is 1. The molecule has 7 nitrogen and oxygen atoms in total. The molecule has 0 bridgehead atoms. The third kappa shape index (κ3) is 4.23. The van der Waals surface area contributed by atoms with E-state index in [-0.39, 0.29) is 17.2 Å². The van der Waals surface area contributed by atoms with Crippen molar-refractivity contribution in [2.24, 2.45) is 0 Å². The summed E-state index contributed by atoms with van der Waals surface area (Å²) in [6.45, 7) is 0. The van der Waals surface area contributed by atoms with E-state index in [4.69, 9.17) is 9.72 Å². The molecule has 0 fully saturated rings. The average molecular weight is 469 g/mol. The van der Waals surface area contributed by atoms with Crippen LogP contribution in [-0.4, -0.2) is 33.3 Å². The van der Waals surface area contributed by atoms with Gasteiger partial charge in [0.1, 0.15) is 5.75 Å². The number of carbonyl (C=O) groups excluding carboxylic acids is 1. The molecule has 5 rings (SSSR count). The first-order chi connectivity index (χ1) is 16.6. The molecular formula is C26H20N4O3S. The second kappa shape index (κ2) is 9.36. The smallest absolute Gasteiger partial charge is 0.266 e. The summed E-state index contributed by atoms with van der Waals surface area (Å²) in [7, 11) is 1.57. The number of rotatable bonds is 6. The first kappa shape index (κ1) is 21.7. The zero-order valence-corrected chi connectivity index (χ0v) is 19.1. The van der Waals surface area contributed by atoms with Crippen LogP contribution in [0.1, 0.15) is 0 Å². The number of aromatic nitrogens is 3. The summed E-state index contributed by atoms with van der Waals surface area (Å²) in [6.07, 6.45) is 1.72. The fourth-order valence-corrected chi connectivity index (χ4v) is 4.53. The molecule has 0 unspecified atom stereocenters. The highest BCUT2D eigenvalue weighted by Crippen LogP contribution is 2.25. The summed E-state index contributed by atoms with van der Waals surface area (Å²) in [4.78, 5) is 35.2. The summed E-state index contributed by atoms with van der Waals surface area (Å²) in [6, 6.07) is 23.7. The Morgan fingerprint density at radius 3 is 2.65 bits per heavy atom. The van der Waals surface area contributed by atoms with Crippen LogP contribution in [0.4, 0.5) is 5.69 Å². The van der Waals surface area contributed by atoms with Crippen molar-refractivity contribution in [3.63, 3.8) is 0 Å². The van der Waals surface area contributed by atoms with Gasteiger partial charge >= 0.3 is 0 Å². The highest BCUT2D eigenvalue weighted by Gasteiger charge is 2.16. The minimum Gasteiger partial charge on any atom is -0.497 e. The van der Waals surface area contributed by atoms with Crippen LogP contribution in [0.3, 0.4) is 0 Å². The lowest BCUT2D eigenvalue weighted by Crippen LogP contribution is -2.23. The Labute approximate surface area is 199 Å². The second-order valence-electron chi connectivity index (χ2n) is 7.47. The van der Waals surface area contributed by atoms with Crippen LogP contribution in [0, 0.1) is 0 Å². The van der Waals surface area contributed by atoms with E-state index in [1.807, 2.05) is 54.6 Å². The van der Waals surface area contributed by atoms with Crippen LogP contribution in [0.25, 0.3) is 27.5 Å². The minimum atomic E-state index is -0.207. The maximum absolute atomic E-state index is 13.4. The van der Waals surface area contributed by atoms with E-state index in [1.165, 1.54) is 16.3 Å². The third-order valence-electron chi connectivity index (χ3n) is 5.31. The first-order valence-corrected chi connectivity index (χ1v) is 11.6. The van der Waals surface area contributed by atoms with Gasteiger partial charge in [-0.1, -0.05) is 36.0 Å². The lowest BCUT2D eigenvalue weighted by molar-refractivity contribution is -0.113. The number of benzene rings is 3. The zero-order valence-electron chi connectivity index (χ0n) is 18.3. The van der Waals surface area contributed by atoms with Gasteiger partial charge in [0.2, 0.25) is 5.91 Å². The number of ether oxygens (including phenoxy) is 1. The largest absolute Gasteiger partial charge is 0.497 e. The fraction of sp³-hybridized carbons (Fsp3) is 0.0769. The maximum Gasteiger partial charge on any atom is 0.266 e. The standard InChI is InChI=1S/C26H20N4O3S/c1-33-18-8-4-7-17(15-18)30-25(32)20-9-2-3-11-23(20)29-26(30)34-16-24(31)28-22-13-5-12-21-19(22)10-6-14-27-21/h2-15H,16H2,1H3,(H,28,31). The first-order valence-electron chi connectivity index (χ1n) is 10.6. The molecule has 0 saturated carbocycles. The zero-order chi connectivity index (χ0) is 23.5. The van der Waals surface area contributed by atoms with Crippen molar-refractivity contribution in [1.29, 1.82) is 0 Å². The lowest BCUT2D eigenvalue weighted by atomic mass is 10.2. The van der Waals surface area contributed by atoms with Crippen molar-refractivity contribution in [3.8, 4) is 11.4 Å². The highest BCUT2D eigenvalue weighted by atomic mass is 32.2. The van der Waals surface area contributed by atoms with E-state index in [2.05, 4.69) is 10.3 Å². The molecule has 0 aliphatic rings. The SMILES string of the molecule is COc1cccc(-n2c(SCC(=O)Nc3cccc4ncccc34)nc3ccccc3c2=O)c1. The number of carbonyl (C=O) groups is 1. The quantitative estimate of drug-likeness (QED) is 0.288. The number of para-hydroxylation sites is 1. The van der Waals surface area contributed by atoms with Gasteiger partial charge in [0.15, 0.2) is 5.16 Å². The third-order valence-corrected chi connectivity index (χ3v) is 6.25. The number of hydrogen-bond acceptors (Lipinski definition) is 6. The number of nitrogens with one attached hydrogen (secondary N) is 1. The molecule has 0 saturated heterocycles. The molecule has 34 heavy (non-hydrogen) atoms. The predicted molar refractivity (Wildman–Crippen MR) is 135 cm³/mol. The summed E-state index contributed by atoms with van der Waals surface area (Å²) in [5.74, 6) is 0.488. The van der Waals surface area contributed by atoms with Crippen molar-refractivity contribution in [1.82, 2.24) is 14.5 Å². The molecule has 5 aromatic rings. The molecule has 8 heteroatoms. The molecule has 168 valence electrons. The van der Waals surface area contributed by atoms with Gasteiger partial charge in [-0.15, -0.1) is 0 Å². The average Bonchev–Trinajstić information content (AvgIpc) is 2.88. The van der Waals surface area contributed by atoms with Crippen LogP contribution in [0.2, 0.25) is 0 Å². The molecule has 2 aromatic heterocycles. The number of pyridine rings is 1. The summed E-state index contributed by atoms with van der Waals surface area (Å²) >= 11 is 1.20. The van der Waals surface area contributed by atoms with Gasteiger partial charge in [0, 0.05) is 17.6 Å². The van der Waals surface area contributed by atoms with Crippen molar-refractivity contribution in [2.75, 3.05) is 18.2 Å². The predicted octanol–water partition coefficient (Wildman–Crippen LogP) is 4.67. The number of anilines is 1. The van der Waals surface area contributed by atoms with Gasteiger partial charge < -0.3 is 10.1 Å². The van der Waals surface area contributed by atoms with Crippen molar-refractivity contribution < 1.29 is 9.53 Å². The number of hydrogen-bond donors (Lipinski definition) is 1. The van der Waals surface area contributed by atoms with Gasteiger partial charge in [0.05, 0.1) is 40.7 Å².